The zero-order chi connectivity index (χ0) is 27.3. The van der Waals surface area contributed by atoms with Crippen molar-refractivity contribution in [3.63, 3.8) is 0 Å². The molecule has 0 fully saturated rings. The number of rotatable bonds is 7. The lowest BCUT2D eigenvalue weighted by molar-refractivity contribution is 0.868. The van der Waals surface area contributed by atoms with Crippen LogP contribution in [0.5, 0.6) is 0 Å². The van der Waals surface area contributed by atoms with E-state index in [1.807, 2.05) is 24.5 Å². The van der Waals surface area contributed by atoms with Crippen LogP contribution in [0.25, 0.3) is 34.5 Å². The fourth-order valence-corrected chi connectivity index (χ4v) is 5.50. The summed E-state index contributed by atoms with van der Waals surface area (Å²) in [6.45, 7) is 8.00. The molecule has 1 aromatic heterocycles. The summed E-state index contributed by atoms with van der Waals surface area (Å²) in [4.78, 5) is 9.65. The summed E-state index contributed by atoms with van der Waals surface area (Å²) in [7, 11) is 0. The molecule has 0 amide bonds. The third kappa shape index (κ3) is 5.23. The molecule has 3 heteroatoms. The van der Waals surface area contributed by atoms with Crippen molar-refractivity contribution in [2.45, 2.75) is 31.7 Å². The van der Waals surface area contributed by atoms with Gasteiger partial charge < -0.3 is 5.32 Å². The summed E-state index contributed by atoms with van der Waals surface area (Å²) >= 11 is 0. The summed E-state index contributed by atoms with van der Waals surface area (Å²) in [5.74, 6) is 0.946. The van der Waals surface area contributed by atoms with E-state index in [1.165, 1.54) is 22.3 Å². The van der Waals surface area contributed by atoms with Crippen LogP contribution in [0.4, 0.5) is 0 Å². The number of amidine groups is 1. The first-order chi connectivity index (χ1) is 19.7. The third-order valence-corrected chi connectivity index (χ3v) is 7.67. The van der Waals surface area contributed by atoms with Gasteiger partial charge in [-0.2, -0.15) is 0 Å². The predicted octanol–water partition coefficient (Wildman–Crippen LogP) is 9.13. The highest BCUT2D eigenvalue weighted by Crippen LogP contribution is 2.33. The van der Waals surface area contributed by atoms with Crippen molar-refractivity contribution >= 4 is 29.3 Å². The van der Waals surface area contributed by atoms with Gasteiger partial charge >= 0.3 is 0 Å². The average molecular weight is 520 g/mol. The summed E-state index contributed by atoms with van der Waals surface area (Å²) < 4.78 is 0. The normalized spacial score (nSPS) is 18.1. The number of aromatic nitrogens is 1. The van der Waals surface area contributed by atoms with Crippen molar-refractivity contribution in [3.8, 4) is 11.1 Å². The summed E-state index contributed by atoms with van der Waals surface area (Å²) in [5, 5.41) is 3.67. The number of benzene rings is 2. The molecule has 0 saturated heterocycles. The highest BCUT2D eigenvalue weighted by molar-refractivity contribution is 6.05. The van der Waals surface area contributed by atoms with Gasteiger partial charge in [-0.05, 0) is 76.8 Å². The van der Waals surface area contributed by atoms with Crippen LogP contribution in [0.1, 0.15) is 59.5 Å². The van der Waals surface area contributed by atoms with Crippen LogP contribution in [0, 0.1) is 0 Å². The first-order valence-corrected chi connectivity index (χ1v) is 14.0. The molecule has 0 saturated carbocycles. The van der Waals surface area contributed by atoms with E-state index in [9.17, 15) is 0 Å². The molecule has 1 N–H and O–H groups in total. The number of pyridine rings is 1. The van der Waals surface area contributed by atoms with Crippen molar-refractivity contribution in [2.24, 2.45) is 4.99 Å². The zero-order valence-electron chi connectivity index (χ0n) is 22.7. The Morgan fingerprint density at radius 1 is 0.875 bits per heavy atom. The Labute approximate surface area is 237 Å². The van der Waals surface area contributed by atoms with Gasteiger partial charge in [0.1, 0.15) is 5.84 Å². The molecule has 3 aliphatic rings. The number of hydrogen-bond acceptors (Lipinski definition) is 3. The van der Waals surface area contributed by atoms with E-state index in [4.69, 9.17) is 4.99 Å². The van der Waals surface area contributed by atoms with E-state index in [0.29, 0.717) is 0 Å². The van der Waals surface area contributed by atoms with Gasteiger partial charge in [-0.3, -0.25) is 9.98 Å². The van der Waals surface area contributed by atoms with Gasteiger partial charge in [-0.25, -0.2) is 0 Å². The molecule has 3 aromatic rings. The first-order valence-electron chi connectivity index (χ1n) is 14.0. The van der Waals surface area contributed by atoms with Gasteiger partial charge in [-0.15, -0.1) is 0 Å². The molecule has 2 aromatic carbocycles. The molecule has 3 nitrogen and oxygen atoms in total. The number of aliphatic imine (C=N–C) groups is 1. The minimum atomic E-state index is -0.0823. The molecular weight excluding hydrogens is 486 g/mol. The minimum absolute atomic E-state index is 0.0823. The highest BCUT2D eigenvalue weighted by atomic mass is 15.0. The molecule has 2 heterocycles. The molecule has 6 rings (SSSR count). The number of nitrogens with one attached hydrogen (secondary N) is 1. The minimum Gasteiger partial charge on any atom is -0.340 e. The van der Waals surface area contributed by atoms with E-state index in [1.54, 1.807) is 0 Å². The molecule has 196 valence electrons. The topological polar surface area (TPSA) is 37.3 Å². The van der Waals surface area contributed by atoms with Crippen LogP contribution in [-0.2, 0) is 0 Å². The SMILES string of the molecule is C=Cc1cncc(-c2cccc(C3=CC(c4ccc(C5=CCCC=C5)cc4)N=C(C4=CC=CCC4)N3)c2)c1C=C. The second-order valence-electron chi connectivity index (χ2n) is 10.2. The largest absolute Gasteiger partial charge is 0.340 e. The molecule has 40 heavy (non-hydrogen) atoms. The Kier molecular flexibility index (Phi) is 7.37. The molecular formula is C37H33N3. The van der Waals surface area contributed by atoms with Crippen molar-refractivity contribution in [1.29, 1.82) is 0 Å². The van der Waals surface area contributed by atoms with Crippen LogP contribution >= 0.6 is 0 Å². The van der Waals surface area contributed by atoms with Crippen LogP contribution in [0.3, 0.4) is 0 Å². The maximum atomic E-state index is 5.19. The molecule has 0 radical (unpaired) electrons. The van der Waals surface area contributed by atoms with Crippen molar-refractivity contribution in [1.82, 2.24) is 10.3 Å². The van der Waals surface area contributed by atoms with E-state index in [2.05, 4.69) is 115 Å². The Bertz CT molecular complexity index is 1640. The van der Waals surface area contributed by atoms with E-state index in [-0.39, 0.29) is 6.04 Å². The third-order valence-electron chi connectivity index (χ3n) is 7.67. The molecule has 1 aliphatic heterocycles. The summed E-state index contributed by atoms with van der Waals surface area (Å²) in [6, 6.07) is 17.4. The van der Waals surface area contributed by atoms with Gasteiger partial charge in [-0.1, -0.05) is 104 Å². The number of hydrogen-bond donors (Lipinski definition) is 1. The maximum Gasteiger partial charge on any atom is 0.129 e. The second-order valence-corrected chi connectivity index (χ2v) is 10.2. The van der Waals surface area contributed by atoms with Gasteiger partial charge in [0.2, 0.25) is 0 Å². The number of nitrogens with zero attached hydrogens (tertiary/aromatic N) is 2. The lowest BCUT2D eigenvalue weighted by atomic mass is 9.94. The fraction of sp³-hybridized carbons (Fsp3) is 0.135. The lowest BCUT2D eigenvalue weighted by Gasteiger charge is -2.25. The van der Waals surface area contributed by atoms with Crippen LogP contribution in [0.15, 0.2) is 127 Å². The predicted molar refractivity (Wildman–Crippen MR) is 170 cm³/mol. The molecule has 1 atom stereocenters. The standard InChI is InChI=1S/C37H33N3/c1-3-26-24-38-25-34(33(26)4-2)31-16-11-17-32(22-31)36-23-35(39-37(40-36)30-14-9-6-10-15-30)29-20-18-28(19-21-29)27-12-7-5-8-13-27/h3-4,6-7,9,11-14,16-25,35H,1-2,5,8,10,15H2,(H,39,40). The Morgan fingerprint density at radius 2 is 1.75 bits per heavy atom. The van der Waals surface area contributed by atoms with Gasteiger partial charge in [0, 0.05) is 29.2 Å². The van der Waals surface area contributed by atoms with E-state index < -0.39 is 0 Å². The van der Waals surface area contributed by atoms with Gasteiger partial charge in [0.25, 0.3) is 0 Å². The van der Waals surface area contributed by atoms with Crippen LogP contribution < -0.4 is 5.32 Å². The smallest absolute Gasteiger partial charge is 0.129 e. The molecule has 0 bridgehead atoms. The van der Waals surface area contributed by atoms with Gasteiger partial charge in [0.15, 0.2) is 0 Å². The first kappa shape index (κ1) is 25.5. The quantitative estimate of drug-likeness (QED) is 0.338. The molecule has 1 unspecified atom stereocenters. The Balaban J connectivity index is 1.39. The lowest BCUT2D eigenvalue weighted by Crippen LogP contribution is -2.28. The zero-order valence-corrected chi connectivity index (χ0v) is 22.7. The van der Waals surface area contributed by atoms with Crippen LogP contribution in [-0.4, -0.2) is 10.8 Å². The molecule has 0 spiro atoms. The van der Waals surface area contributed by atoms with Crippen LogP contribution in [0.2, 0.25) is 0 Å². The summed E-state index contributed by atoms with van der Waals surface area (Å²) in [5.41, 5.74) is 11.3. The second kappa shape index (κ2) is 11.5. The van der Waals surface area contributed by atoms with Crippen molar-refractivity contribution in [3.05, 3.63) is 150 Å². The average Bonchev–Trinajstić information content (AvgIpc) is 3.05. The Morgan fingerprint density at radius 3 is 2.50 bits per heavy atom. The van der Waals surface area contributed by atoms with E-state index >= 15 is 0 Å². The maximum absolute atomic E-state index is 5.19. The van der Waals surface area contributed by atoms with Crippen molar-refractivity contribution < 1.29 is 0 Å². The molecule has 2 aliphatic carbocycles. The van der Waals surface area contributed by atoms with Gasteiger partial charge in [0.05, 0.1) is 6.04 Å². The highest BCUT2D eigenvalue weighted by Gasteiger charge is 2.21. The monoisotopic (exact) mass is 519 g/mol. The number of allylic oxidation sites excluding steroid dienone is 7. The van der Waals surface area contributed by atoms with E-state index in [0.717, 1.165) is 65.0 Å². The summed E-state index contributed by atoms with van der Waals surface area (Å²) in [6.07, 6.45) is 27.2. The Hall–Kier alpha value is -4.76. The fourth-order valence-electron chi connectivity index (χ4n) is 5.50. The van der Waals surface area contributed by atoms with Crippen molar-refractivity contribution in [2.75, 3.05) is 0 Å².